The molecule has 4 rings (SSSR count). The van der Waals surface area contributed by atoms with E-state index in [-0.39, 0.29) is 24.3 Å². The molecule has 0 spiro atoms. The number of hydrogen-bond acceptors (Lipinski definition) is 5. The van der Waals surface area contributed by atoms with E-state index in [0.717, 1.165) is 24.8 Å². The number of carbonyl (C=O) groups is 2. The Labute approximate surface area is 156 Å². The van der Waals surface area contributed by atoms with E-state index in [1.807, 2.05) is 9.80 Å². The zero-order valence-corrected chi connectivity index (χ0v) is 15.1. The van der Waals surface area contributed by atoms with Gasteiger partial charge in [-0.25, -0.2) is 4.79 Å². The third kappa shape index (κ3) is 3.90. The molecule has 0 saturated carbocycles. The Kier molecular flexibility index (Phi) is 4.98. The first-order valence-corrected chi connectivity index (χ1v) is 9.40. The van der Waals surface area contributed by atoms with Gasteiger partial charge in [-0.2, -0.15) is 0 Å². The van der Waals surface area contributed by atoms with E-state index >= 15 is 0 Å². The highest BCUT2D eigenvalue weighted by molar-refractivity contribution is 5.82. The third-order valence-corrected chi connectivity index (χ3v) is 5.20. The zero-order valence-electron chi connectivity index (χ0n) is 15.1. The van der Waals surface area contributed by atoms with Crippen LogP contribution in [0.2, 0.25) is 0 Å². The summed E-state index contributed by atoms with van der Waals surface area (Å²) in [5.74, 6) is -0.431. The number of aromatic nitrogens is 1. The van der Waals surface area contributed by atoms with E-state index in [0.29, 0.717) is 43.9 Å². The van der Waals surface area contributed by atoms with Crippen molar-refractivity contribution in [3.8, 4) is 0 Å². The van der Waals surface area contributed by atoms with Crippen LogP contribution in [0.1, 0.15) is 24.8 Å². The summed E-state index contributed by atoms with van der Waals surface area (Å²) in [6.45, 7) is 3.02. The topological polar surface area (TPSA) is 95.9 Å². The first kappa shape index (κ1) is 17.8. The van der Waals surface area contributed by atoms with Gasteiger partial charge in [0.1, 0.15) is 6.10 Å². The van der Waals surface area contributed by atoms with Crippen molar-refractivity contribution in [3.63, 3.8) is 0 Å². The Hall–Kier alpha value is -2.61. The molecule has 0 radical (unpaired) electrons. The molecular weight excluding hydrogens is 350 g/mol. The number of H-pyrrole nitrogens is 1. The van der Waals surface area contributed by atoms with Crippen molar-refractivity contribution in [2.75, 3.05) is 32.8 Å². The number of fused-ring (bicyclic) bond motifs is 1. The lowest BCUT2D eigenvalue weighted by molar-refractivity contribution is -0.141. The van der Waals surface area contributed by atoms with E-state index < -0.39 is 5.76 Å². The van der Waals surface area contributed by atoms with Gasteiger partial charge in [-0.05, 0) is 37.0 Å². The van der Waals surface area contributed by atoms with E-state index in [2.05, 4.69) is 4.98 Å². The molecule has 0 bridgehead atoms. The van der Waals surface area contributed by atoms with Crippen LogP contribution in [0.5, 0.6) is 0 Å². The summed E-state index contributed by atoms with van der Waals surface area (Å²) >= 11 is 0. The Balaban J connectivity index is 1.37. The van der Waals surface area contributed by atoms with Gasteiger partial charge in [-0.1, -0.05) is 6.07 Å². The monoisotopic (exact) mass is 373 g/mol. The van der Waals surface area contributed by atoms with Gasteiger partial charge in [0.05, 0.1) is 11.9 Å². The maximum Gasteiger partial charge on any atom is 0.417 e. The number of oxazole rings is 1. The van der Waals surface area contributed by atoms with Crippen LogP contribution in [0, 0.1) is 0 Å². The number of amides is 2. The number of hydrogen-bond donors (Lipinski definition) is 1. The number of benzene rings is 1. The number of nitrogens with zero attached hydrogens (tertiary/aromatic N) is 2. The van der Waals surface area contributed by atoms with Crippen molar-refractivity contribution in [1.82, 2.24) is 14.8 Å². The van der Waals surface area contributed by atoms with Crippen LogP contribution in [0.25, 0.3) is 11.1 Å². The van der Waals surface area contributed by atoms with E-state index in [1.165, 1.54) is 0 Å². The number of ether oxygens (including phenoxy) is 1. The normalized spacial score (nSPS) is 20.8. The van der Waals surface area contributed by atoms with Gasteiger partial charge in [-0.15, -0.1) is 0 Å². The summed E-state index contributed by atoms with van der Waals surface area (Å²) in [4.78, 5) is 42.7. The lowest BCUT2D eigenvalue weighted by Gasteiger charge is -2.24. The fourth-order valence-corrected chi connectivity index (χ4v) is 3.76. The minimum absolute atomic E-state index is 0.0200. The molecule has 2 amide bonds. The fraction of sp³-hybridized carbons (Fsp3) is 0.526. The number of rotatable bonds is 3. The molecule has 8 nitrogen and oxygen atoms in total. The van der Waals surface area contributed by atoms with Gasteiger partial charge in [0.15, 0.2) is 5.58 Å². The van der Waals surface area contributed by atoms with Gasteiger partial charge < -0.3 is 19.0 Å². The first-order chi connectivity index (χ1) is 13.1. The number of carbonyl (C=O) groups excluding carboxylic acids is 2. The smallest absolute Gasteiger partial charge is 0.408 e. The maximum atomic E-state index is 12.7. The van der Waals surface area contributed by atoms with Crippen LogP contribution in [0.3, 0.4) is 0 Å². The highest BCUT2D eigenvalue weighted by Crippen LogP contribution is 2.17. The quantitative estimate of drug-likeness (QED) is 0.863. The Bertz CT molecular complexity index is 896. The summed E-state index contributed by atoms with van der Waals surface area (Å²) in [7, 11) is 0. The molecule has 2 aliphatic rings. The SMILES string of the molecule is O=C(Cc1ccc2oc(=O)[nH]c2c1)N1CCCN(C(=O)C2CCCO2)CC1. The van der Waals surface area contributed by atoms with Crippen molar-refractivity contribution in [2.45, 2.75) is 31.8 Å². The van der Waals surface area contributed by atoms with Crippen molar-refractivity contribution < 1.29 is 18.7 Å². The molecule has 1 aromatic heterocycles. The first-order valence-electron chi connectivity index (χ1n) is 9.40. The second-order valence-corrected chi connectivity index (χ2v) is 7.08. The molecule has 1 unspecified atom stereocenters. The molecule has 2 aliphatic heterocycles. The van der Waals surface area contributed by atoms with Gasteiger partial charge in [0, 0.05) is 32.8 Å². The van der Waals surface area contributed by atoms with E-state index in [4.69, 9.17) is 9.15 Å². The van der Waals surface area contributed by atoms with Crippen molar-refractivity contribution in [1.29, 1.82) is 0 Å². The molecule has 1 aromatic carbocycles. The van der Waals surface area contributed by atoms with Crippen molar-refractivity contribution in [3.05, 3.63) is 34.3 Å². The molecule has 0 aliphatic carbocycles. The van der Waals surface area contributed by atoms with Gasteiger partial charge in [0.2, 0.25) is 5.91 Å². The average molecular weight is 373 g/mol. The summed E-state index contributed by atoms with van der Waals surface area (Å²) in [5, 5.41) is 0. The minimum atomic E-state index is -0.503. The van der Waals surface area contributed by atoms with Gasteiger partial charge in [-0.3, -0.25) is 14.6 Å². The Morgan fingerprint density at radius 3 is 2.74 bits per heavy atom. The number of aromatic amines is 1. The zero-order chi connectivity index (χ0) is 18.8. The molecule has 3 heterocycles. The third-order valence-electron chi connectivity index (χ3n) is 5.20. The van der Waals surface area contributed by atoms with Gasteiger partial charge >= 0.3 is 5.76 Å². The molecule has 144 valence electrons. The molecule has 1 N–H and O–H groups in total. The summed E-state index contributed by atoms with van der Waals surface area (Å²) in [6, 6.07) is 5.26. The van der Waals surface area contributed by atoms with Gasteiger partial charge in [0.25, 0.3) is 5.91 Å². The average Bonchev–Trinajstić information content (AvgIpc) is 3.23. The lowest BCUT2D eigenvalue weighted by atomic mass is 10.1. The molecule has 27 heavy (non-hydrogen) atoms. The second kappa shape index (κ2) is 7.56. The highest BCUT2D eigenvalue weighted by atomic mass is 16.5. The summed E-state index contributed by atoms with van der Waals surface area (Å²) in [6.07, 6.45) is 2.43. The van der Waals surface area contributed by atoms with Crippen molar-refractivity contribution >= 4 is 22.9 Å². The van der Waals surface area contributed by atoms with Crippen LogP contribution in [-0.2, 0) is 20.7 Å². The van der Waals surface area contributed by atoms with Crippen LogP contribution in [-0.4, -0.2) is 65.5 Å². The predicted octanol–water partition coefficient (Wildman–Crippen LogP) is 0.903. The van der Waals surface area contributed by atoms with E-state index in [9.17, 15) is 14.4 Å². The Morgan fingerprint density at radius 2 is 1.93 bits per heavy atom. The summed E-state index contributed by atoms with van der Waals surface area (Å²) < 4.78 is 10.5. The van der Waals surface area contributed by atoms with Crippen LogP contribution < -0.4 is 5.76 Å². The molecule has 2 fully saturated rings. The highest BCUT2D eigenvalue weighted by Gasteiger charge is 2.30. The van der Waals surface area contributed by atoms with E-state index in [1.54, 1.807) is 18.2 Å². The minimum Gasteiger partial charge on any atom is -0.408 e. The molecule has 1 atom stereocenters. The van der Waals surface area contributed by atoms with Crippen LogP contribution >= 0.6 is 0 Å². The maximum absolute atomic E-state index is 12.7. The van der Waals surface area contributed by atoms with Crippen molar-refractivity contribution in [2.24, 2.45) is 0 Å². The number of nitrogens with one attached hydrogen (secondary N) is 1. The molecule has 8 heteroatoms. The largest absolute Gasteiger partial charge is 0.417 e. The lowest BCUT2D eigenvalue weighted by Crippen LogP contribution is -2.42. The fourth-order valence-electron chi connectivity index (χ4n) is 3.76. The Morgan fingerprint density at radius 1 is 1.11 bits per heavy atom. The molecule has 2 aromatic rings. The standard InChI is InChI=1S/C19H23N3O5/c23-17(12-13-4-5-15-14(11-13)20-19(25)27-15)21-6-2-7-22(9-8-21)18(24)16-3-1-10-26-16/h4-5,11,16H,1-3,6-10,12H2,(H,20,25). The predicted molar refractivity (Wildman–Crippen MR) is 97.3 cm³/mol. The molecular formula is C19H23N3O5. The second-order valence-electron chi connectivity index (χ2n) is 7.08. The van der Waals surface area contributed by atoms with Crippen LogP contribution in [0.4, 0.5) is 0 Å². The summed E-state index contributed by atoms with van der Waals surface area (Å²) in [5.41, 5.74) is 1.89. The molecule has 2 saturated heterocycles. The van der Waals surface area contributed by atoms with Crippen LogP contribution in [0.15, 0.2) is 27.4 Å².